The minimum atomic E-state index is -0.563. The Bertz CT molecular complexity index is 939. The van der Waals surface area contributed by atoms with E-state index in [2.05, 4.69) is 29.4 Å². The minimum Gasteiger partial charge on any atom is -0.491 e. The van der Waals surface area contributed by atoms with Gasteiger partial charge >= 0.3 is 6.09 Å². The van der Waals surface area contributed by atoms with Gasteiger partial charge in [-0.1, -0.05) is 26.0 Å². The first-order valence-electron chi connectivity index (χ1n) is 11.3. The molecule has 1 aromatic carbocycles. The normalized spacial score (nSPS) is 20.2. The number of benzene rings is 1. The molecule has 2 aliphatic heterocycles. The Balaban J connectivity index is 1.88. The number of nitrogens with one attached hydrogen (secondary N) is 2. The Morgan fingerprint density at radius 2 is 2.09 bits per heavy atom. The molecule has 0 saturated carbocycles. The van der Waals surface area contributed by atoms with Gasteiger partial charge in [0.15, 0.2) is 0 Å². The molecule has 33 heavy (non-hydrogen) atoms. The molecular weight excluding hydrogens is 442 g/mol. The van der Waals surface area contributed by atoms with E-state index in [0.717, 1.165) is 42.4 Å². The van der Waals surface area contributed by atoms with Gasteiger partial charge in [0.2, 0.25) is 0 Å². The maximum absolute atomic E-state index is 12.3. The molecule has 180 valence electrons. The summed E-state index contributed by atoms with van der Waals surface area (Å²) in [6, 6.07) is 5.62. The van der Waals surface area contributed by atoms with Crippen molar-refractivity contribution in [2.75, 3.05) is 24.6 Å². The first-order valence-corrected chi connectivity index (χ1v) is 12.1. The third kappa shape index (κ3) is 7.15. The molecule has 9 heteroatoms. The van der Waals surface area contributed by atoms with Gasteiger partial charge in [-0.15, -0.1) is 0 Å². The van der Waals surface area contributed by atoms with Crippen LogP contribution in [0.15, 0.2) is 23.1 Å². The Labute approximate surface area is 199 Å². The summed E-state index contributed by atoms with van der Waals surface area (Å²) in [6.45, 7) is 11.6. The SMILES string of the molecule is CC(C)COc1cccc(C=C2SC(=O)NC2=O)c1N1CCCC(NC(=O)OC(C)(C)C)C1. The van der Waals surface area contributed by atoms with Crippen LogP contribution >= 0.6 is 11.8 Å². The summed E-state index contributed by atoms with van der Waals surface area (Å²) in [5.41, 5.74) is 1.09. The number of amides is 3. The van der Waals surface area contributed by atoms with Gasteiger partial charge in [0.05, 0.1) is 17.2 Å². The van der Waals surface area contributed by atoms with Gasteiger partial charge in [0.25, 0.3) is 11.1 Å². The van der Waals surface area contributed by atoms with Crippen molar-refractivity contribution in [3.8, 4) is 5.75 Å². The first-order chi connectivity index (χ1) is 15.5. The number of para-hydroxylation sites is 1. The molecule has 2 aliphatic rings. The van der Waals surface area contributed by atoms with Crippen molar-refractivity contribution in [1.82, 2.24) is 10.6 Å². The smallest absolute Gasteiger partial charge is 0.407 e. The molecule has 2 N–H and O–H groups in total. The molecule has 3 amide bonds. The Kier molecular flexibility index (Phi) is 7.94. The average molecular weight is 476 g/mol. The average Bonchev–Trinajstić information content (AvgIpc) is 3.01. The van der Waals surface area contributed by atoms with E-state index in [-0.39, 0.29) is 11.3 Å². The molecule has 2 saturated heterocycles. The zero-order valence-electron chi connectivity index (χ0n) is 19.9. The summed E-state index contributed by atoms with van der Waals surface area (Å²) < 4.78 is 11.6. The van der Waals surface area contributed by atoms with E-state index in [1.165, 1.54) is 0 Å². The lowest BCUT2D eigenvalue weighted by atomic mass is 10.0. The maximum atomic E-state index is 12.3. The monoisotopic (exact) mass is 475 g/mol. The van der Waals surface area contributed by atoms with Gasteiger partial charge in [-0.2, -0.15) is 0 Å². The lowest BCUT2D eigenvalue weighted by Crippen LogP contribution is -2.49. The van der Waals surface area contributed by atoms with Crippen LogP contribution in [0.4, 0.5) is 15.3 Å². The zero-order chi connectivity index (χ0) is 24.2. The number of piperidine rings is 1. The molecule has 8 nitrogen and oxygen atoms in total. The number of carbonyl (C=O) groups is 3. The second kappa shape index (κ2) is 10.5. The lowest BCUT2D eigenvalue weighted by molar-refractivity contribution is -0.115. The highest BCUT2D eigenvalue weighted by atomic mass is 32.2. The fraction of sp³-hybridized carbons (Fsp3) is 0.542. The number of imide groups is 1. The highest BCUT2D eigenvalue weighted by Crippen LogP contribution is 2.37. The molecule has 3 rings (SSSR count). The zero-order valence-corrected chi connectivity index (χ0v) is 20.7. The summed E-state index contributed by atoms with van der Waals surface area (Å²) in [5.74, 6) is 0.662. The van der Waals surface area contributed by atoms with E-state index < -0.39 is 17.6 Å². The minimum absolute atomic E-state index is 0.0852. The number of carbonyl (C=O) groups excluding carboxylic acids is 3. The van der Waals surface area contributed by atoms with Crippen LogP contribution in [0.1, 0.15) is 53.0 Å². The predicted molar refractivity (Wildman–Crippen MR) is 130 cm³/mol. The van der Waals surface area contributed by atoms with Crippen LogP contribution in [0, 0.1) is 5.92 Å². The number of thioether (sulfide) groups is 1. The Morgan fingerprint density at radius 3 is 2.73 bits per heavy atom. The van der Waals surface area contributed by atoms with Crippen LogP contribution in [0.2, 0.25) is 0 Å². The van der Waals surface area contributed by atoms with Crippen molar-refractivity contribution in [3.63, 3.8) is 0 Å². The van der Waals surface area contributed by atoms with Crippen LogP contribution in [-0.4, -0.2) is 48.6 Å². The molecular formula is C24H33N3O5S. The van der Waals surface area contributed by atoms with E-state index in [0.29, 0.717) is 29.7 Å². The fourth-order valence-corrected chi connectivity index (χ4v) is 4.37. The van der Waals surface area contributed by atoms with Crippen LogP contribution in [0.3, 0.4) is 0 Å². The van der Waals surface area contributed by atoms with Gasteiger partial charge in [0.1, 0.15) is 11.4 Å². The van der Waals surface area contributed by atoms with Crippen LogP contribution < -0.4 is 20.3 Å². The molecule has 1 atom stereocenters. The Morgan fingerprint density at radius 1 is 1.33 bits per heavy atom. The largest absolute Gasteiger partial charge is 0.491 e. The summed E-state index contributed by atoms with van der Waals surface area (Å²) >= 11 is 0.891. The van der Waals surface area contributed by atoms with E-state index in [4.69, 9.17) is 9.47 Å². The van der Waals surface area contributed by atoms with Crippen molar-refractivity contribution in [2.45, 2.75) is 59.1 Å². The van der Waals surface area contributed by atoms with E-state index in [9.17, 15) is 14.4 Å². The molecule has 0 aliphatic carbocycles. The number of hydrogen-bond acceptors (Lipinski definition) is 7. The van der Waals surface area contributed by atoms with E-state index in [1.807, 2.05) is 39.0 Å². The third-order valence-corrected chi connectivity index (χ3v) is 5.80. The quantitative estimate of drug-likeness (QED) is 0.583. The van der Waals surface area contributed by atoms with Gasteiger partial charge in [-0.3, -0.25) is 14.9 Å². The van der Waals surface area contributed by atoms with Crippen LogP contribution in [0.25, 0.3) is 6.08 Å². The summed E-state index contributed by atoms with van der Waals surface area (Å²) in [5, 5.41) is 4.90. The second-order valence-corrected chi connectivity index (χ2v) is 10.7. The van der Waals surface area contributed by atoms with E-state index >= 15 is 0 Å². The predicted octanol–water partition coefficient (Wildman–Crippen LogP) is 4.54. The van der Waals surface area contributed by atoms with Crippen molar-refractivity contribution >= 4 is 40.8 Å². The lowest BCUT2D eigenvalue weighted by Gasteiger charge is -2.36. The van der Waals surface area contributed by atoms with Gasteiger partial charge in [-0.05, 0) is 63.4 Å². The number of nitrogens with zero attached hydrogens (tertiary/aromatic N) is 1. The third-order valence-electron chi connectivity index (χ3n) is 4.99. The molecule has 2 heterocycles. The topological polar surface area (TPSA) is 97.0 Å². The van der Waals surface area contributed by atoms with Crippen molar-refractivity contribution in [3.05, 3.63) is 28.7 Å². The van der Waals surface area contributed by atoms with Gasteiger partial charge in [0, 0.05) is 24.7 Å². The number of anilines is 1. The number of alkyl carbamates (subject to hydrolysis) is 1. The van der Waals surface area contributed by atoms with Gasteiger partial charge < -0.3 is 19.7 Å². The highest BCUT2D eigenvalue weighted by molar-refractivity contribution is 8.18. The molecule has 0 aromatic heterocycles. The summed E-state index contributed by atoms with van der Waals surface area (Å²) in [4.78, 5) is 38.6. The maximum Gasteiger partial charge on any atom is 0.407 e. The second-order valence-electron chi connectivity index (χ2n) is 9.68. The molecule has 0 radical (unpaired) electrons. The van der Waals surface area contributed by atoms with Crippen molar-refractivity contribution in [2.24, 2.45) is 5.92 Å². The molecule has 1 aromatic rings. The van der Waals surface area contributed by atoms with E-state index in [1.54, 1.807) is 6.08 Å². The fourth-order valence-electron chi connectivity index (χ4n) is 3.70. The summed E-state index contributed by atoms with van der Waals surface area (Å²) in [6.07, 6.45) is 3.02. The molecule has 2 fully saturated rings. The number of rotatable bonds is 6. The van der Waals surface area contributed by atoms with Gasteiger partial charge in [-0.25, -0.2) is 4.79 Å². The first kappa shape index (κ1) is 25.0. The van der Waals surface area contributed by atoms with Crippen LogP contribution in [-0.2, 0) is 9.53 Å². The Hall–Kier alpha value is -2.68. The highest BCUT2D eigenvalue weighted by Gasteiger charge is 2.29. The van der Waals surface area contributed by atoms with Crippen molar-refractivity contribution < 1.29 is 23.9 Å². The number of hydrogen-bond donors (Lipinski definition) is 2. The van der Waals surface area contributed by atoms with Crippen LogP contribution in [0.5, 0.6) is 5.75 Å². The number of ether oxygens (including phenoxy) is 2. The molecule has 0 bridgehead atoms. The molecule has 1 unspecified atom stereocenters. The summed E-state index contributed by atoms with van der Waals surface area (Å²) in [7, 11) is 0. The van der Waals surface area contributed by atoms with Crippen molar-refractivity contribution in [1.29, 1.82) is 0 Å². The molecule has 0 spiro atoms. The standard InChI is InChI=1S/C24H33N3O5S/c1-15(2)14-31-18-10-6-8-16(12-19-21(28)26-23(30)33-19)20(18)27-11-7-9-17(13-27)25-22(29)32-24(3,4)5/h6,8,10,12,15,17H,7,9,11,13-14H2,1-5H3,(H,25,29)(H,26,28,30).